The number of hydrogen-bond acceptors (Lipinski definition) is 6. The van der Waals surface area contributed by atoms with Crippen molar-refractivity contribution < 1.29 is 10.2 Å². The molecule has 0 amide bonds. The number of nitrogens with zero attached hydrogens (tertiary/aromatic N) is 2. The van der Waals surface area contributed by atoms with Gasteiger partial charge in [-0.3, -0.25) is 9.80 Å². The highest BCUT2D eigenvalue weighted by atomic mass is 35.5. The van der Waals surface area contributed by atoms with Crippen molar-refractivity contribution in [1.29, 1.82) is 0 Å². The maximum absolute atomic E-state index is 9.21. The fourth-order valence-electron chi connectivity index (χ4n) is 3.26. The van der Waals surface area contributed by atoms with Gasteiger partial charge in [-0.1, -0.05) is 0 Å². The number of aliphatic hydroxyl groups excluding tert-OH is 2. The van der Waals surface area contributed by atoms with Crippen LogP contribution in [0.1, 0.15) is 12.8 Å². The van der Waals surface area contributed by atoms with Gasteiger partial charge in [0.2, 0.25) is 0 Å². The molecule has 2 atom stereocenters. The van der Waals surface area contributed by atoms with Crippen molar-refractivity contribution in [3.05, 3.63) is 0 Å². The van der Waals surface area contributed by atoms with Gasteiger partial charge < -0.3 is 20.8 Å². The molecule has 0 aromatic heterocycles. The average Bonchev–Trinajstić information content (AvgIpc) is 2.85. The van der Waals surface area contributed by atoms with Crippen molar-refractivity contribution in [2.45, 2.75) is 37.1 Å². The van der Waals surface area contributed by atoms with Crippen LogP contribution < -0.4 is 10.6 Å². The van der Waals surface area contributed by atoms with Crippen molar-refractivity contribution >= 4 is 24.8 Å². The molecule has 0 aliphatic carbocycles. The third kappa shape index (κ3) is 5.18. The molecular weight excluding hydrogens is 327 g/mol. The molecule has 4 saturated heterocycles. The van der Waals surface area contributed by atoms with E-state index < -0.39 is 0 Å². The second kappa shape index (κ2) is 9.59. The molecule has 4 rings (SSSR count). The summed E-state index contributed by atoms with van der Waals surface area (Å²) in [5, 5.41) is 24.9. The van der Waals surface area contributed by atoms with Crippen LogP contribution >= 0.6 is 24.8 Å². The first-order valence-electron chi connectivity index (χ1n) is 7.98. The Bertz CT molecular complexity index is 289. The molecule has 4 N–H and O–H groups in total. The first kappa shape index (κ1) is 20.4. The van der Waals surface area contributed by atoms with Gasteiger partial charge in [0.15, 0.2) is 0 Å². The van der Waals surface area contributed by atoms with Gasteiger partial charge in [-0.2, -0.15) is 0 Å². The summed E-state index contributed by atoms with van der Waals surface area (Å²) in [4.78, 5) is 4.75. The minimum Gasteiger partial charge on any atom is -0.392 e. The summed E-state index contributed by atoms with van der Waals surface area (Å²) >= 11 is 0. The van der Waals surface area contributed by atoms with E-state index >= 15 is 0 Å². The van der Waals surface area contributed by atoms with Gasteiger partial charge in [0.1, 0.15) is 0 Å². The van der Waals surface area contributed by atoms with Crippen LogP contribution in [-0.2, 0) is 0 Å². The van der Waals surface area contributed by atoms with E-state index in [1.54, 1.807) is 0 Å². The quantitative estimate of drug-likeness (QED) is 0.503. The molecule has 0 unspecified atom stereocenters. The lowest BCUT2D eigenvalue weighted by Crippen LogP contribution is -2.56. The van der Waals surface area contributed by atoms with Gasteiger partial charge >= 0.3 is 0 Å². The van der Waals surface area contributed by atoms with E-state index in [4.69, 9.17) is 0 Å². The van der Waals surface area contributed by atoms with Gasteiger partial charge in [-0.15, -0.1) is 24.8 Å². The van der Waals surface area contributed by atoms with Crippen LogP contribution in [0.2, 0.25) is 0 Å². The Morgan fingerprint density at radius 2 is 1.05 bits per heavy atom. The Hall–Kier alpha value is 0.340. The Morgan fingerprint density at radius 1 is 0.682 bits per heavy atom. The lowest BCUT2D eigenvalue weighted by Gasteiger charge is -2.35. The van der Waals surface area contributed by atoms with E-state index in [9.17, 15) is 10.2 Å². The molecule has 0 aromatic rings. The second-order valence-corrected chi connectivity index (χ2v) is 6.50. The fourth-order valence-corrected chi connectivity index (χ4v) is 3.26. The highest BCUT2D eigenvalue weighted by Crippen LogP contribution is 2.15. The monoisotopic (exact) mass is 356 g/mol. The van der Waals surface area contributed by atoms with Crippen molar-refractivity contribution in [2.75, 3.05) is 52.4 Å². The second-order valence-electron chi connectivity index (χ2n) is 6.50. The van der Waals surface area contributed by atoms with E-state index in [-0.39, 0.29) is 37.0 Å². The Labute approximate surface area is 145 Å². The molecule has 0 saturated carbocycles. The highest BCUT2D eigenvalue weighted by Gasteiger charge is 2.30. The Morgan fingerprint density at radius 3 is 1.23 bits per heavy atom. The zero-order valence-electron chi connectivity index (χ0n) is 13.0. The third-order valence-electron chi connectivity index (χ3n) is 4.94. The average molecular weight is 357 g/mol. The van der Waals surface area contributed by atoms with Crippen molar-refractivity contribution in [1.82, 2.24) is 20.4 Å². The van der Waals surface area contributed by atoms with Crippen LogP contribution in [0.5, 0.6) is 0 Å². The summed E-state index contributed by atoms with van der Waals surface area (Å²) < 4.78 is 0. The number of likely N-dealkylation sites (tertiary alicyclic amines) is 2. The predicted molar refractivity (Wildman–Crippen MR) is 92.2 cm³/mol. The molecule has 0 bridgehead atoms. The van der Waals surface area contributed by atoms with Gasteiger partial charge in [-0.05, 0) is 12.8 Å². The minimum atomic E-state index is -0.0550. The summed E-state index contributed by atoms with van der Waals surface area (Å²) in [6.07, 6.45) is 1.83. The first-order valence-corrected chi connectivity index (χ1v) is 7.98. The SMILES string of the molecule is Cl.Cl.O[C@H]1CCN(C2CNC2)C1.O[C@H]1CCN(C2CNC2)C1. The highest BCUT2D eigenvalue weighted by molar-refractivity contribution is 5.85. The summed E-state index contributed by atoms with van der Waals surface area (Å²) in [5.74, 6) is 0. The van der Waals surface area contributed by atoms with Crippen LogP contribution in [0, 0.1) is 0 Å². The fraction of sp³-hybridized carbons (Fsp3) is 1.00. The zero-order valence-corrected chi connectivity index (χ0v) is 14.6. The predicted octanol–water partition coefficient (Wildman–Crippen LogP) is -1.11. The molecule has 132 valence electrons. The van der Waals surface area contributed by atoms with Crippen molar-refractivity contribution in [3.8, 4) is 0 Å². The summed E-state index contributed by atoms with van der Waals surface area (Å²) in [6.45, 7) is 8.44. The molecule has 4 aliphatic rings. The molecule has 0 radical (unpaired) electrons. The molecule has 0 spiro atoms. The molecule has 8 heteroatoms. The van der Waals surface area contributed by atoms with Crippen molar-refractivity contribution in [2.24, 2.45) is 0 Å². The number of rotatable bonds is 2. The Balaban J connectivity index is 0.000000202. The lowest BCUT2D eigenvalue weighted by atomic mass is 10.1. The maximum Gasteiger partial charge on any atom is 0.0679 e. The first-order chi connectivity index (χ1) is 9.72. The van der Waals surface area contributed by atoms with E-state index in [0.717, 1.165) is 77.3 Å². The molecule has 0 aromatic carbocycles. The smallest absolute Gasteiger partial charge is 0.0679 e. The van der Waals surface area contributed by atoms with Gasteiger partial charge in [0, 0.05) is 64.4 Å². The number of β-amino-alcohol motifs (C(OH)–C–C–N with tert-alkyl or cyclic N) is 2. The molecular formula is C14H30Cl2N4O2. The van der Waals surface area contributed by atoms with Crippen LogP contribution in [0.15, 0.2) is 0 Å². The zero-order chi connectivity index (χ0) is 13.9. The summed E-state index contributed by atoms with van der Waals surface area (Å²) in [6, 6.07) is 1.44. The molecule has 22 heavy (non-hydrogen) atoms. The van der Waals surface area contributed by atoms with Crippen LogP contribution in [0.4, 0.5) is 0 Å². The van der Waals surface area contributed by atoms with E-state index in [1.165, 1.54) is 0 Å². The number of aliphatic hydroxyl groups is 2. The normalized spacial score (nSPS) is 33.0. The number of halogens is 2. The van der Waals surface area contributed by atoms with Crippen molar-refractivity contribution in [3.63, 3.8) is 0 Å². The van der Waals surface area contributed by atoms with Crippen LogP contribution in [0.3, 0.4) is 0 Å². The number of nitrogens with one attached hydrogen (secondary N) is 2. The molecule has 4 heterocycles. The molecule has 6 nitrogen and oxygen atoms in total. The minimum absolute atomic E-state index is 0. The molecule has 4 fully saturated rings. The van der Waals surface area contributed by atoms with Gasteiger partial charge in [0.25, 0.3) is 0 Å². The maximum atomic E-state index is 9.21. The van der Waals surface area contributed by atoms with Gasteiger partial charge in [0.05, 0.1) is 12.2 Å². The largest absolute Gasteiger partial charge is 0.392 e. The third-order valence-corrected chi connectivity index (χ3v) is 4.94. The van der Waals surface area contributed by atoms with Crippen LogP contribution in [-0.4, -0.2) is 96.7 Å². The van der Waals surface area contributed by atoms with Gasteiger partial charge in [-0.25, -0.2) is 0 Å². The molecule has 4 aliphatic heterocycles. The van der Waals surface area contributed by atoms with Crippen LogP contribution in [0.25, 0.3) is 0 Å². The summed E-state index contributed by atoms with van der Waals surface area (Å²) in [5.41, 5.74) is 0. The standard InChI is InChI=1S/2C7H14N2O.2ClH/c2*10-7-1-2-9(5-7)6-3-8-4-6;;/h2*6-8,10H,1-5H2;2*1H/t2*7-;;/m00../s1. The van der Waals surface area contributed by atoms with E-state index in [0.29, 0.717) is 0 Å². The summed E-state index contributed by atoms with van der Waals surface area (Å²) in [7, 11) is 0. The Kier molecular flexibility index (Phi) is 8.89. The lowest BCUT2D eigenvalue weighted by molar-refractivity contribution is 0.136. The van der Waals surface area contributed by atoms with E-state index in [1.807, 2.05) is 0 Å². The number of hydrogen-bond donors (Lipinski definition) is 4. The van der Waals surface area contributed by atoms with E-state index in [2.05, 4.69) is 20.4 Å². The topological polar surface area (TPSA) is 71.0 Å².